The second kappa shape index (κ2) is 5.73. The standard InChI is InChI=1S/C11H19N3/c1-10(13-8-9-14(2)3)11-4-6-12-7-5-11/h4-7,10,13H,8-9H2,1-3H3/t10-/m1/s1. The van der Waals surface area contributed by atoms with Gasteiger partial charge < -0.3 is 10.2 Å². The van der Waals surface area contributed by atoms with E-state index < -0.39 is 0 Å². The first-order valence-corrected chi connectivity index (χ1v) is 4.98. The van der Waals surface area contributed by atoms with Gasteiger partial charge in [0.25, 0.3) is 0 Å². The first-order chi connectivity index (χ1) is 6.70. The van der Waals surface area contributed by atoms with Gasteiger partial charge in [0.05, 0.1) is 0 Å². The summed E-state index contributed by atoms with van der Waals surface area (Å²) in [5.74, 6) is 0. The molecule has 0 aliphatic rings. The van der Waals surface area contributed by atoms with E-state index in [4.69, 9.17) is 0 Å². The number of hydrogen-bond donors (Lipinski definition) is 1. The fraction of sp³-hybridized carbons (Fsp3) is 0.545. The third-order valence-electron chi connectivity index (χ3n) is 2.22. The molecule has 1 atom stereocenters. The van der Waals surface area contributed by atoms with Crippen LogP contribution in [0.4, 0.5) is 0 Å². The minimum absolute atomic E-state index is 0.401. The molecule has 0 aliphatic heterocycles. The average Bonchev–Trinajstić information content (AvgIpc) is 2.18. The van der Waals surface area contributed by atoms with Gasteiger partial charge in [0.15, 0.2) is 0 Å². The Kier molecular flexibility index (Phi) is 4.56. The van der Waals surface area contributed by atoms with E-state index in [1.807, 2.05) is 24.5 Å². The predicted octanol–water partition coefficient (Wildman–Crippen LogP) is 1.29. The van der Waals surface area contributed by atoms with Crippen LogP contribution < -0.4 is 5.32 Å². The first kappa shape index (κ1) is 11.1. The summed E-state index contributed by atoms with van der Waals surface area (Å²) in [6.07, 6.45) is 3.67. The molecule has 0 unspecified atom stereocenters. The largest absolute Gasteiger partial charge is 0.309 e. The molecule has 0 saturated carbocycles. The number of aromatic nitrogens is 1. The van der Waals surface area contributed by atoms with Gasteiger partial charge in [-0.2, -0.15) is 0 Å². The lowest BCUT2D eigenvalue weighted by atomic mass is 10.1. The monoisotopic (exact) mass is 193 g/mol. The van der Waals surface area contributed by atoms with Crippen LogP contribution in [0.15, 0.2) is 24.5 Å². The molecule has 78 valence electrons. The Morgan fingerprint density at radius 1 is 1.36 bits per heavy atom. The number of nitrogens with one attached hydrogen (secondary N) is 1. The quantitative estimate of drug-likeness (QED) is 0.764. The molecule has 0 saturated heterocycles. The maximum absolute atomic E-state index is 4.00. The molecule has 1 N–H and O–H groups in total. The summed E-state index contributed by atoms with van der Waals surface area (Å²) in [5.41, 5.74) is 1.29. The van der Waals surface area contributed by atoms with Crippen LogP contribution >= 0.6 is 0 Å². The molecule has 1 aromatic rings. The molecule has 3 heteroatoms. The molecule has 1 heterocycles. The lowest BCUT2D eigenvalue weighted by Gasteiger charge is -2.16. The number of nitrogens with zero attached hydrogens (tertiary/aromatic N) is 2. The number of hydrogen-bond acceptors (Lipinski definition) is 3. The van der Waals surface area contributed by atoms with Crippen molar-refractivity contribution in [3.63, 3.8) is 0 Å². The summed E-state index contributed by atoms with van der Waals surface area (Å²) in [6, 6.07) is 4.50. The van der Waals surface area contributed by atoms with Crippen LogP contribution in [0.1, 0.15) is 18.5 Å². The zero-order valence-electron chi connectivity index (χ0n) is 9.20. The van der Waals surface area contributed by atoms with Crippen molar-refractivity contribution < 1.29 is 0 Å². The first-order valence-electron chi connectivity index (χ1n) is 4.98. The minimum atomic E-state index is 0.401. The van der Waals surface area contributed by atoms with Crippen LogP contribution in [0.2, 0.25) is 0 Å². The Morgan fingerprint density at radius 3 is 2.57 bits per heavy atom. The lowest BCUT2D eigenvalue weighted by molar-refractivity contribution is 0.389. The van der Waals surface area contributed by atoms with Crippen molar-refractivity contribution in [2.75, 3.05) is 27.2 Å². The minimum Gasteiger partial charge on any atom is -0.309 e. The molecule has 0 bridgehead atoms. The molecule has 0 fully saturated rings. The molecule has 3 nitrogen and oxygen atoms in total. The normalized spacial score (nSPS) is 13.1. The summed E-state index contributed by atoms with van der Waals surface area (Å²) >= 11 is 0. The van der Waals surface area contributed by atoms with Crippen LogP contribution in [0, 0.1) is 0 Å². The van der Waals surface area contributed by atoms with E-state index in [-0.39, 0.29) is 0 Å². The zero-order chi connectivity index (χ0) is 10.4. The Hall–Kier alpha value is -0.930. The predicted molar refractivity (Wildman–Crippen MR) is 59.2 cm³/mol. The highest BCUT2D eigenvalue weighted by Gasteiger charge is 2.02. The molecule has 1 rings (SSSR count). The van der Waals surface area contributed by atoms with Gasteiger partial charge in [-0.25, -0.2) is 0 Å². The Morgan fingerprint density at radius 2 is 2.00 bits per heavy atom. The third kappa shape index (κ3) is 3.85. The van der Waals surface area contributed by atoms with Gasteiger partial charge in [0.1, 0.15) is 0 Å². The van der Waals surface area contributed by atoms with Crippen LogP contribution in [-0.4, -0.2) is 37.1 Å². The van der Waals surface area contributed by atoms with E-state index in [1.165, 1.54) is 5.56 Å². The van der Waals surface area contributed by atoms with E-state index in [0.29, 0.717) is 6.04 Å². The highest BCUT2D eigenvalue weighted by molar-refractivity contribution is 5.13. The third-order valence-corrected chi connectivity index (χ3v) is 2.22. The molecule has 14 heavy (non-hydrogen) atoms. The molecular weight excluding hydrogens is 174 g/mol. The van der Waals surface area contributed by atoms with Gasteiger partial charge >= 0.3 is 0 Å². The molecular formula is C11H19N3. The maximum Gasteiger partial charge on any atom is 0.0293 e. The fourth-order valence-corrected chi connectivity index (χ4v) is 1.27. The Balaban J connectivity index is 2.32. The van der Waals surface area contributed by atoms with E-state index in [2.05, 4.69) is 36.2 Å². The van der Waals surface area contributed by atoms with Crippen LogP contribution in [-0.2, 0) is 0 Å². The van der Waals surface area contributed by atoms with Crippen molar-refractivity contribution in [1.82, 2.24) is 15.2 Å². The van der Waals surface area contributed by atoms with Crippen LogP contribution in [0.5, 0.6) is 0 Å². The van der Waals surface area contributed by atoms with Gasteiger partial charge in [0.2, 0.25) is 0 Å². The smallest absolute Gasteiger partial charge is 0.0293 e. The van der Waals surface area contributed by atoms with E-state index >= 15 is 0 Å². The van der Waals surface area contributed by atoms with E-state index in [1.54, 1.807) is 0 Å². The molecule has 0 aromatic carbocycles. The average molecular weight is 193 g/mol. The second-order valence-electron chi connectivity index (χ2n) is 3.76. The van der Waals surface area contributed by atoms with Crippen molar-refractivity contribution >= 4 is 0 Å². The topological polar surface area (TPSA) is 28.2 Å². The highest BCUT2D eigenvalue weighted by Crippen LogP contribution is 2.09. The van der Waals surface area contributed by atoms with Gasteiger partial charge in [-0.05, 0) is 38.7 Å². The van der Waals surface area contributed by atoms with Crippen LogP contribution in [0.3, 0.4) is 0 Å². The van der Waals surface area contributed by atoms with Gasteiger partial charge in [-0.3, -0.25) is 4.98 Å². The number of rotatable bonds is 5. The summed E-state index contributed by atoms with van der Waals surface area (Å²) in [7, 11) is 4.16. The number of likely N-dealkylation sites (N-methyl/N-ethyl adjacent to an activating group) is 1. The van der Waals surface area contributed by atoms with Crippen LogP contribution in [0.25, 0.3) is 0 Å². The molecule has 0 radical (unpaired) electrons. The Labute approximate surface area is 86.2 Å². The second-order valence-corrected chi connectivity index (χ2v) is 3.76. The molecule has 0 spiro atoms. The van der Waals surface area contributed by atoms with E-state index in [9.17, 15) is 0 Å². The number of pyridine rings is 1. The van der Waals surface area contributed by atoms with Gasteiger partial charge in [-0.15, -0.1) is 0 Å². The summed E-state index contributed by atoms with van der Waals surface area (Å²) in [4.78, 5) is 6.17. The summed E-state index contributed by atoms with van der Waals surface area (Å²) in [6.45, 7) is 4.25. The summed E-state index contributed by atoms with van der Waals surface area (Å²) in [5, 5.41) is 3.46. The van der Waals surface area contributed by atoms with Gasteiger partial charge in [-0.1, -0.05) is 0 Å². The van der Waals surface area contributed by atoms with E-state index in [0.717, 1.165) is 13.1 Å². The van der Waals surface area contributed by atoms with Gasteiger partial charge in [0, 0.05) is 31.5 Å². The molecule has 0 amide bonds. The van der Waals surface area contributed by atoms with Crippen molar-refractivity contribution in [2.45, 2.75) is 13.0 Å². The van der Waals surface area contributed by atoms with Crippen molar-refractivity contribution in [3.05, 3.63) is 30.1 Å². The fourth-order valence-electron chi connectivity index (χ4n) is 1.27. The molecule has 1 aromatic heterocycles. The van der Waals surface area contributed by atoms with Crippen molar-refractivity contribution in [1.29, 1.82) is 0 Å². The van der Waals surface area contributed by atoms with Crippen molar-refractivity contribution in [2.24, 2.45) is 0 Å². The SMILES string of the molecule is C[C@@H](NCCN(C)C)c1ccncc1. The highest BCUT2D eigenvalue weighted by atomic mass is 15.1. The Bertz CT molecular complexity index is 246. The lowest BCUT2D eigenvalue weighted by Crippen LogP contribution is -2.28. The van der Waals surface area contributed by atoms with Crippen molar-refractivity contribution in [3.8, 4) is 0 Å². The zero-order valence-corrected chi connectivity index (χ0v) is 9.20. The summed E-state index contributed by atoms with van der Waals surface area (Å²) < 4.78 is 0. The molecule has 0 aliphatic carbocycles. The maximum atomic E-state index is 4.00.